The number of hydrogen-bond donors (Lipinski definition) is 1. The van der Waals surface area contributed by atoms with Crippen LogP contribution in [0.2, 0.25) is 0 Å². The van der Waals surface area contributed by atoms with Gasteiger partial charge in [0, 0.05) is 56.2 Å². The summed E-state index contributed by atoms with van der Waals surface area (Å²) in [6.07, 6.45) is 1.32. The second kappa shape index (κ2) is 16.4. The van der Waals surface area contributed by atoms with E-state index in [-0.39, 0.29) is 19.8 Å². The Morgan fingerprint density at radius 1 is 0.980 bits per heavy atom. The van der Waals surface area contributed by atoms with Gasteiger partial charge in [0.15, 0.2) is 0 Å². The van der Waals surface area contributed by atoms with Crippen LogP contribution in [-0.2, 0) is 47.4 Å². The zero-order valence-electron chi connectivity index (χ0n) is 30.8. The first-order valence-electron chi connectivity index (χ1n) is 17.5. The van der Waals surface area contributed by atoms with Crippen LogP contribution in [0, 0.1) is 0 Å². The average molecular weight is 699 g/mol. The highest BCUT2D eigenvalue weighted by Crippen LogP contribution is 2.39. The highest BCUT2D eigenvalue weighted by molar-refractivity contribution is 6.05. The molecule has 2 aromatic heterocycles. The van der Waals surface area contributed by atoms with E-state index in [1.54, 1.807) is 37.7 Å². The number of nitrogens with zero attached hydrogens (tertiary/aromatic N) is 4. The van der Waals surface area contributed by atoms with E-state index in [9.17, 15) is 14.7 Å². The van der Waals surface area contributed by atoms with Crippen LogP contribution in [0.25, 0.3) is 32.8 Å². The molecule has 0 saturated heterocycles. The number of carbonyl (C=O) groups is 2. The molecule has 5 aromatic rings. The first-order valence-corrected chi connectivity index (χ1v) is 17.5. The van der Waals surface area contributed by atoms with Crippen LogP contribution in [0.4, 0.5) is 4.79 Å². The minimum absolute atomic E-state index is 0.216. The summed E-state index contributed by atoms with van der Waals surface area (Å²) in [5, 5.41) is 18.2. The molecule has 0 spiro atoms. The molecular formula is C40H50N4O7. The lowest BCUT2D eigenvalue weighted by molar-refractivity contribution is 0.0294. The fraction of sp³-hybridized carbons (Fsp3) is 0.425. The van der Waals surface area contributed by atoms with Crippen molar-refractivity contribution < 1.29 is 33.6 Å². The smallest absolute Gasteiger partial charge is 0.410 e. The summed E-state index contributed by atoms with van der Waals surface area (Å²) in [5.41, 5.74) is 4.42. The van der Waals surface area contributed by atoms with Crippen LogP contribution < -0.4 is 4.74 Å². The largest absolute Gasteiger partial charge is 0.493 e. The number of aliphatic hydroxyl groups is 1. The highest BCUT2D eigenvalue weighted by Gasteiger charge is 2.28. The van der Waals surface area contributed by atoms with Crippen LogP contribution in [0.5, 0.6) is 5.75 Å². The lowest BCUT2D eigenvalue weighted by Crippen LogP contribution is -2.35. The van der Waals surface area contributed by atoms with Gasteiger partial charge >= 0.3 is 12.1 Å². The predicted octanol–water partition coefficient (Wildman–Crippen LogP) is 7.28. The van der Waals surface area contributed by atoms with Crippen molar-refractivity contribution in [2.75, 3.05) is 33.9 Å². The Morgan fingerprint density at radius 2 is 1.71 bits per heavy atom. The topological polar surface area (TPSA) is 117 Å². The van der Waals surface area contributed by atoms with Gasteiger partial charge in [0.05, 0.1) is 43.3 Å². The van der Waals surface area contributed by atoms with Crippen LogP contribution in [0.1, 0.15) is 68.0 Å². The van der Waals surface area contributed by atoms with Crippen molar-refractivity contribution in [3.8, 4) is 16.9 Å². The fourth-order valence-corrected chi connectivity index (χ4v) is 6.59. The minimum atomic E-state index is -0.617. The summed E-state index contributed by atoms with van der Waals surface area (Å²) in [5.74, 6) is 0.395. The van der Waals surface area contributed by atoms with E-state index >= 15 is 0 Å². The normalized spacial score (nSPS) is 11.7. The zero-order chi connectivity index (χ0) is 36.7. The van der Waals surface area contributed by atoms with Crippen molar-refractivity contribution in [3.05, 3.63) is 83.3 Å². The Kier molecular flexibility index (Phi) is 12.0. The molecule has 3 aromatic carbocycles. The lowest BCUT2D eigenvalue weighted by Gasteiger charge is -2.24. The maximum atomic E-state index is 13.9. The molecule has 0 aliphatic carbocycles. The Hall–Kier alpha value is -4.87. The van der Waals surface area contributed by atoms with Gasteiger partial charge in [0.1, 0.15) is 17.0 Å². The summed E-state index contributed by atoms with van der Waals surface area (Å²) in [6, 6.07) is 20.1. The maximum absolute atomic E-state index is 13.9. The molecule has 1 N–H and O–H groups in total. The maximum Gasteiger partial charge on any atom is 0.410 e. The molecule has 272 valence electrons. The van der Waals surface area contributed by atoms with Crippen molar-refractivity contribution in [2.24, 2.45) is 7.05 Å². The Balaban J connectivity index is 1.57. The highest BCUT2D eigenvalue weighted by atomic mass is 16.6. The number of aromatic nitrogens is 3. The Bertz CT molecular complexity index is 1980. The second-order valence-electron chi connectivity index (χ2n) is 13.6. The van der Waals surface area contributed by atoms with Crippen LogP contribution in [0.15, 0.2) is 60.7 Å². The third-order valence-electron chi connectivity index (χ3n) is 8.75. The third-order valence-corrected chi connectivity index (χ3v) is 8.75. The molecule has 0 aliphatic heterocycles. The number of aryl methyl sites for hydroxylation is 3. The summed E-state index contributed by atoms with van der Waals surface area (Å²) < 4.78 is 26.8. The monoisotopic (exact) mass is 698 g/mol. The second-order valence-corrected chi connectivity index (χ2v) is 13.6. The van der Waals surface area contributed by atoms with Gasteiger partial charge in [-0.15, -0.1) is 0 Å². The molecule has 5 rings (SSSR count). The molecule has 0 saturated carbocycles. The number of carbonyl (C=O) groups excluding carboxylic acids is 2. The number of benzene rings is 3. The molecule has 0 bridgehead atoms. The van der Waals surface area contributed by atoms with Gasteiger partial charge in [0.25, 0.3) is 0 Å². The fourth-order valence-electron chi connectivity index (χ4n) is 6.59. The molecule has 0 fully saturated rings. The number of fused-ring (bicyclic) bond motifs is 2. The molecule has 0 radical (unpaired) electrons. The molecule has 11 nitrogen and oxygen atoms in total. The lowest BCUT2D eigenvalue weighted by atomic mass is 9.98. The molecular weight excluding hydrogens is 648 g/mol. The van der Waals surface area contributed by atoms with Gasteiger partial charge in [-0.3, -0.25) is 4.68 Å². The van der Waals surface area contributed by atoms with Crippen molar-refractivity contribution in [1.29, 1.82) is 0 Å². The van der Waals surface area contributed by atoms with Gasteiger partial charge < -0.3 is 33.5 Å². The molecule has 1 amide bonds. The number of hydrogen-bond acceptors (Lipinski definition) is 8. The number of methoxy groups -OCH3 is 1. The van der Waals surface area contributed by atoms with Gasteiger partial charge in [-0.25, -0.2) is 9.59 Å². The Labute approximate surface area is 299 Å². The van der Waals surface area contributed by atoms with E-state index in [0.717, 1.165) is 44.1 Å². The Morgan fingerprint density at radius 3 is 2.43 bits per heavy atom. The zero-order valence-corrected chi connectivity index (χ0v) is 30.8. The molecule has 2 heterocycles. The molecule has 11 heteroatoms. The molecule has 0 aliphatic rings. The quantitative estimate of drug-likeness (QED) is 0.0896. The summed E-state index contributed by atoms with van der Waals surface area (Å²) in [7, 11) is 5.12. The first-order chi connectivity index (χ1) is 24.5. The number of amides is 1. The minimum Gasteiger partial charge on any atom is -0.493 e. The number of ether oxygens (including phenoxy) is 4. The van der Waals surface area contributed by atoms with Gasteiger partial charge in [-0.2, -0.15) is 5.10 Å². The number of esters is 1. The average Bonchev–Trinajstić information content (AvgIpc) is 3.59. The third kappa shape index (κ3) is 8.37. The molecule has 0 atom stereocenters. The van der Waals surface area contributed by atoms with Gasteiger partial charge in [-0.1, -0.05) is 54.6 Å². The van der Waals surface area contributed by atoms with E-state index in [4.69, 9.17) is 18.9 Å². The van der Waals surface area contributed by atoms with Crippen LogP contribution in [0.3, 0.4) is 0 Å². The van der Waals surface area contributed by atoms with Crippen molar-refractivity contribution in [2.45, 2.75) is 72.3 Å². The van der Waals surface area contributed by atoms with Crippen LogP contribution in [-0.4, -0.2) is 75.9 Å². The van der Waals surface area contributed by atoms with E-state index in [2.05, 4.69) is 23.3 Å². The van der Waals surface area contributed by atoms with Gasteiger partial charge in [0.2, 0.25) is 0 Å². The number of para-hydroxylation sites is 1. The standard InChI is InChI=1S/C40H50N4O7/c1-8-49-38(46)37-30(20-13-24-50-34-21-11-16-27-15-9-10-17-28(27)34)29-18-12-19-31(35-32(26-48-7)41-43(6)33(35)25-45)36(29)44(37)23-14-22-42(5)39(47)51-40(2,3)4/h9-12,15-19,21,45H,8,13-14,20,22-26H2,1-7H3. The number of rotatable bonds is 15. The van der Waals surface area contributed by atoms with E-state index < -0.39 is 17.7 Å². The summed E-state index contributed by atoms with van der Waals surface area (Å²) in [4.78, 5) is 28.3. The van der Waals surface area contributed by atoms with Crippen molar-refractivity contribution in [3.63, 3.8) is 0 Å². The molecule has 0 unspecified atom stereocenters. The van der Waals surface area contributed by atoms with Crippen molar-refractivity contribution >= 4 is 33.7 Å². The van der Waals surface area contributed by atoms with Gasteiger partial charge in [-0.05, 0) is 64.0 Å². The first kappa shape index (κ1) is 37.4. The number of aliphatic hydroxyl groups excluding tert-OH is 1. The van der Waals surface area contributed by atoms with Crippen molar-refractivity contribution in [1.82, 2.24) is 19.2 Å². The SMILES string of the molecule is CCOC(=O)c1c(CCCOc2cccc3ccccc23)c2cccc(-c3c(COC)nn(C)c3CO)c2n1CCCN(C)C(=O)OC(C)(C)C. The van der Waals surface area contributed by atoms with Crippen LogP contribution >= 0.6 is 0 Å². The van der Waals surface area contributed by atoms with E-state index in [1.165, 1.54) is 0 Å². The van der Waals surface area contributed by atoms with E-state index in [1.807, 2.05) is 67.8 Å². The predicted molar refractivity (Wildman–Crippen MR) is 198 cm³/mol. The summed E-state index contributed by atoms with van der Waals surface area (Å²) >= 11 is 0. The molecule has 51 heavy (non-hydrogen) atoms. The summed E-state index contributed by atoms with van der Waals surface area (Å²) in [6.45, 7) is 8.78. The van der Waals surface area contributed by atoms with E-state index in [0.29, 0.717) is 56.0 Å².